The lowest BCUT2D eigenvalue weighted by atomic mass is 10.1. The predicted molar refractivity (Wildman–Crippen MR) is 45.3 cm³/mol. The van der Waals surface area contributed by atoms with Gasteiger partial charge in [-0.3, -0.25) is 0 Å². The van der Waals surface area contributed by atoms with Gasteiger partial charge in [-0.25, -0.2) is 0 Å². The summed E-state index contributed by atoms with van der Waals surface area (Å²) in [4.78, 5) is 0. The zero-order valence-electron chi connectivity index (χ0n) is 6.00. The molecule has 0 saturated heterocycles. The molecule has 0 aliphatic heterocycles. The number of nitrogens with zero attached hydrogens (tertiary/aromatic N) is 2. The van der Waals surface area contributed by atoms with Crippen molar-refractivity contribution in [2.45, 2.75) is 0 Å². The Labute approximate surface area is 74.6 Å². The molecule has 0 spiro atoms. The molecular formula is C8H4ClN3. The van der Waals surface area contributed by atoms with Crippen molar-refractivity contribution in [3.8, 4) is 12.1 Å². The Hall–Kier alpha value is -1.71. The summed E-state index contributed by atoms with van der Waals surface area (Å²) in [5, 5.41) is 17.4. The number of hydrogen-bond donors (Lipinski definition) is 1. The van der Waals surface area contributed by atoms with E-state index in [0.717, 1.165) is 0 Å². The number of nitrogens with two attached hydrogens (primary N) is 1. The highest BCUT2D eigenvalue weighted by molar-refractivity contribution is 6.33. The lowest BCUT2D eigenvalue weighted by molar-refractivity contribution is 1.43. The second-order valence-electron chi connectivity index (χ2n) is 2.14. The summed E-state index contributed by atoms with van der Waals surface area (Å²) >= 11 is 5.64. The zero-order chi connectivity index (χ0) is 9.14. The van der Waals surface area contributed by atoms with E-state index in [1.54, 1.807) is 0 Å². The summed E-state index contributed by atoms with van der Waals surface area (Å²) in [5.41, 5.74) is 6.24. The van der Waals surface area contributed by atoms with Crippen molar-refractivity contribution in [3.63, 3.8) is 0 Å². The summed E-state index contributed by atoms with van der Waals surface area (Å²) in [6.45, 7) is 0. The molecule has 0 bridgehead atoms. The van der Waals surface area contributed by atoms with Crippen molar-refractivity contribution >= 4 is 17.3 Å². The molecule has 0 fully saturated rings. The van der Waals surface area contributed by atoms with Crippen LogP contribution in [0.4, 0.5) is 5.69 Å². The third kappa shape index (κ3) is 1.32. The Bertz CT molecular complexity index is 359. The molecule has 1 aromatic rings. The molecule has 12 heavy (non-hydrogen) atoms. The molecule has 0 atom stereocenters. The highest BCUT2D eigenvalue weighted by Crippen LogP contribution is 2.22. The molecule has 0 aliphatic carbocycles. The first-order valence-electron chi connectivity index (χ1n) is 3.08. The van der Waals surface area contributed by atoms with Crippen LogP contribution in [0.15, 0.2) is 12.1 Å². The maximum Gasteiger partial charge on any atom is 0.101 e. The average molecular weight is 178 g/mol. The number of hydrogen-bond acceptors (Lipinski definition) is 3. The molecule has 1 rings (SSSR count). The minimum Gasteiger partial charge on any atom is -0.397 e. The van der Waals surface area contributed by atoms with Crippen molar-refractivity contribution in [3.05, 3.63) is 28.3 Å². The van der Waals surface area contributed by atoms with Gasteiger partial charge in [0, 0.05) is 0 Å². The van der Waals surface area contributed by atoms with Crippen LogP contribution in [-0.4, -0.2) is 0 Å². The summed E-state index contributed by atoms with van der Waals surface area (Å²) in [7, 11) is 0. The Kier molecular flexibility index (Phi) is 2.19. The van der Waals surface area contributed by atoms with E-state index < -0.39 is 0 Å². The first-order valence-corrected chi connectivity index (χ1v) is 3.46. The van der Waals surface area contributed by atoms with E-state index in [-0.39, 0.29) is 11.1 Å². The van der Waals surface area contributed by atoms with E-state index in [0.29, 0.717) is 10.7 Å². The van der Waals surface area contributed by atoms with Crippen LogP contribution in [0.3, 0.4) is 0 Å². The molecule has 0 unspecified atom stereocenters. The van der Waals surface area contributed by atoms with Gasteiger partial charge in [-0.2, -0.15) is 10.5 Å². The second kappa shape index (κ2) is 3.13. The normalized spacial score (nSPS) is 8.58. The molecule has 0 radical (unpaired) electrons. The fraction of sp³-hybridized carbons (Fsp3) is 0. The smallest absolute Gasteiger partial charge is 0.101 e. The van der Waals surface area contributed by atoms with Gasteiger partial charge < -0.3 is 5.73 Å². The summed E-state index contributed by atoms with van der Waals surface area (Å²) in [5.74, 6) is 0. The van der Waals surface area contributed by atoms with Crippen LogP contribution in [0.1, 0.15) is 11.1 Å². The number of benzene rings is 1. The molecule has 0 aliphatic rings. The van der Waals surface area contributed by atoms with Gasteiger partial charge in [0.2, 0.25) is 0 Å². The maximum absolute atomic E-state index is 8.57. The van der Waals surface area contributed by atoms with Crippen LogP contribution in [0.5, 0.6) is 0 Å². The van der Waals surface area contributed by atoms with E-state index in [1.165, 1.54) is 12.1 Å². The van der Waals surface area contributed by atoms with Crippen molar-refractivity contribution in [1.82, 2.24) is 0 Å². The first-order chi connectivity index (χ1) is 5.69. The lowest BCUT2D eigenvalue weighted by Gasteiger charge is -1.98. The van der Waals surface area contributed by atoms with Crippen molar-refractivity contribution in [1.29, 1.82) is 10.5 Å². The monoisotopic (exact) mass is 177 g/mol. The molecular weight excluding hydrogens is 174 g/mol. The van der Waals surface area contributed by atoms with Gasteiger partial charge in [-0.15, -0.1) is 0 Å². The molecule has 0 heterocycles. The number of nitriles is 2. The molecule has 4 heteroatoms. The minimum absolute atomic E-state index is 0.247. The van der Waals surface area contributed by atoms with Crippen LogP contribution in [-0.2, 0) is 0 Å². The van der Waals surface area contributed by atoms with Gasteiger partial charge in [-0.1, -0.05) is 11.6 Å². The summed E-state index contributed by atoms with van der Waals surface area (Å²) in [6.07, 6.45) is 0. The van der Waals surface area contributed by atoms with E-state index >= 15 is 0 Å². The molecule has 3 nitrogen and oxygen atoms in total. The number of nitrogen functional groups attached to an aromatic ring is 1. The zero-order valence-corrected chi connectivity index (χ0v) is 6.76. The van der Waals surface area contributed by atoms with Gasteiger partial charge in [0.1, 0.15) is 12.1 Å². The fourth-order valence-electron chi connectivity index (χ4n) is 0.775. The second-order valence-corrected chi connectivity index (χ2v) is 2.55. The van der Waals surface area contributed by atoms with Crippen molar-refractivity contribution in [2.75, 3.05) is 5.73 Å². The van der Waals surface area contributed by atoms with E-state index in [9.17, 15) is 0 Å². The van der Waals surface area contributed by atoms with Gasteiger partial charge in [0.05, 0.1) is 21.8 Å². The third-order valence-corrected chi connectivity index (χ3v) is 1.71. The van der Waals surface area contributed by atoms with E-state index in [1.807, 2.05) is 12.1 Å². The van der Waals surface area contributed by atoms with Crippen LogP contribution in [0, 0.1) is 22.7 Å². The molecule has 1 aromatic carbocycles. The van der Waals surface area contributed by atoms with E-state index in [2.05, 4.69) is 0 Å². The van der Waals surface area contributed by atoms with E-state index in [4.69, 9.17) is 27.9 Å². The number of anilines is 1. The predicted octanol–water partition coefficient (Wildman–Crippen LogP) is 1.67. The molecule has 0 saturated carbocycles. The first kappa shape index (κ1) is 8.39. The van der Waals surface area contributed by atoms with Gasteiger partial charge in [0.15, 0.2) is 0 Å². The number of rotatable bonds is 0. The Balaban J connectivity index is 3.44. The van der Waals surface area contributed by atoms with Crippen molar-refractivity contribution < 1.29 is 0 Å². The molecule has 0 amide bonds. The molecule has 58 valence electrons. The summed E-state index contributed by atoms with van der Waals surface area (Å²) < 4.78 is 0. The standard InChI is InChI=1S/C8H4ClN3/c9-7-1-5(3-10)6(4-11)2-8(7)12/h1-2H,12H2. The van der Waals surface area contributed by atoms with Crippen LogP contribution in [0.2, 0.25) is 5.02 Å². The Morgan fingerprint density at radius 1 is 1.17 bits per heavy atom. The van der Waals surface area contributed by atoms with Gasteiger partial charge in [0.25, 0.3) is 0 Å². The fourth-order valence-corrected chi connectivity index (χ4v) is 0.939. The van der Waals surface area contributed by atoms with Crippen LogP contribution < -0.4 is 5.73 Å². The van der Waals surface area contributed by atoms with Gasteiger partial charge >= 0.3 is 0 Å². The average Bonchev–Trinajstić information content (AvgIpc) is 2.09. The largest absolute Gasteiger partial charge is 0.397 e. The summed E-state index contributed by atoms with van der Waals surface area (Å²) in [6, 6.07) is 6.48. The Morgan fingerprint density at radius 2 is 1.67 bits per heavy atom. The lowest BCUT2D eigenvalue weighted by Crippen LogP contribution is -1.90. The molecule has 2 N–H and O–H groups in total. The minimum atomic E-state index is 0.247. The maximum atomic E-state index is 8.57. The Morgan fingerprint density at radius 3 is 2.17 bits per heavy atom. The van der Waals surface area contributed by atoms with Crippen LogP contribution >= 0.6 is 11.6 Å². The van der Waals surface area contributed by atoms with Crippen molar-refractivity contribution in [2.24, 2.45) is 0 Å². The highest BCUT2D eigenvalue weighted by Gasteiger charge is 2.04. The number of halogens is 1. The topological polar surface area (TPSA) is 73.6 Å². The SMILES string of the molecule is N#Cc1cc(N)c(Cl)cc1C#N. The molecule has 0 aromatic heterocycles. The van der Waals surface area contributed by atoms with Gasteiger partial charge in [-0.05, 0) is 12.1 Å². The quantitative estimate of drug-likeness (QED) is 0.613. The highest BCUT2D eigenvalue weighted by atomic mass is 35.5. The third-order valence-electron chi connectivity index (χ3n) is 1.38. The van der Waals surface area contributed by atoms with Crippen LogP contribution in [0.25, 0.3) is 0 Å².